The minimum atomic E-state index is -0.728. The molecule has 0 saturated heterocycles. The fourth-order valence-corrected chi connectivity index (χ4v) is 3.60. The van der Waals surface area contributed by atoms with Gasteiger partial charge in [0, 0.05) is 28.7 Å². The van der Waals surface area contributed by atoms with E-state index in [-0.39, 0.29) is 6.04 Å². The van der Waals surface area contributed by atoms with Gasteiger partial charge in [-0.1, -0.05) is 37.5 Å². The zero-order valence-electron chi connectivity index (χ0n) is 15.9. The van der Waals surface area contributed by atoms with Crippen molar-refractivity contribution in [1.82, 2.24) is 15.3 Å². The predicted octanol–water partition coefficient (Wildman–Crippen LogP) is 2.99. The van der Waals surface area contributed by atoms with Crippen molar-refractivity contribution in [2.75, 3.05) is 0 Å². The first-order valence-corrected chi connectivity index (χ1v) is 9.44. The number of aromatic nitrogens is 1. The number of aryl methyl sites for hydroxylation is 1. The van der Waals surface area contributed by atoms with Gasteiger partial charge in [0.1, 0.15) is 0 Å². The molecule has 1 heterocycles. The second-order valence-corrected chi connectivity index (χ2v) is 7.00. The van der Waals surface area contributed by atoms with E-state index >= 15 is 0 Å². The number of benzene rings is 1. The van der Waals surface area contributed by atoms with Crippen molar-refractivity contribution in [3.63, 3.8) is 0 Å². The molecule has 0 unspecified atom stereocenters. The van der Waals surface area contributed by atoms with Gasteiger partial charge in [-0.05, 0) is 44.9 Å². The lowest BCUT2D eigenvalue weighted by Crippen LogP contribution is -2.44. The Morgan fingerprint density at radius 2 is 1.78 bits per heavy atom. The first-order chi connectivity index (χ1) is 13.1. The molecule has 2 amide bonds. The molecule has 0 aliphatic heterocycles. The zero-order valence-corrected chi connectivity index (χ0v) is 15.9. The molecule has 3 rings (SSSR count). The number of para-hydroxylation sites is 1. The smallest absolute Gasteiger partial charge is 0.329 e. The van der Waals surface area contributed by atoms with Gasteiger partial charge < -0.3 is 9.88 Å². The van der Waals surface area contributed by atoms with Crippen molar-refractivity contribution in [2.45, 2.75) is 52.0 Å². The van der Waals surface area contributed by atoms with Crippen molar-refractivity contribution < 1.29 is 9.59 Å². The minimum absolute atomic E-state index is 0.103. The molecule has 1 saturated carbocycles. The Balaban J connectivity index is 1.61. The summed E-state index contributed by atoms with van der Waals surface area (Å²) in [7, 11) is 0. The first-order valence-electron chi connectivity index (χ1n) is 9.44. The summed E-state index contributed by atoms with van der Waals surface area (Å²) >= 11 is 0. The molecule has 0 bridgehead atoms. The SMILES string of the molecule is Cc1cc(/C=N\NC(=O)C(=O)NC2CCCCC2)c(C)n1-c1ccccc1. The Morgan fingerprint density at radius 1 is 1.07 bits per heavy atom. The van der Waals surface area contributed by atoms with Crippen LogP contribution in [0.5, 0.6) is 0 Å². The third-order valence-electron chi connectivity index (χ3n) is 5.00. The topological polar surface area (TPSA) is 75.5 Å². The molecule has 0 atom stereocenters. The van der Waals surface area contributed by atoms with E-state index in [1.165, 1.54) is 6.42 Å². The van der Waals surface area contributed by atoms with Crippen molar-refractivity contribution in [3.8, 4) is 5.69 Å². The Bertz CT molecular complexity index is 833. The quantitative estimate of drug-likeness (QED) is 0.496. The van der Waals surface area contributed by atoms with Gasteiger partial charge in [0.2, 0.25) is 0 Å². The molecule has 1 aromatic carbocycles. The number of hydrogen-bond acceptors (Lipinski definition) is 3. The maximum absolute atomic E-state index is 12.0. The molecule has 6 nitrogen and oxygen atoms in total. The average molecular weight is 366 g/mol. The summed E-state index contributed by atoms with van der Waals surface area (Å²) in [5.41, 5.74) is 6.38. The monoisotopic (exact) mass is 366 g/mol. The van der Waals surface area contributed by atoms with Crippen molar-refractivity contribution in [1.29, 1.82) is 0 Å². The van der Waals surface area contributed by atoms with Gasteiger partial charge in [0.25, 0.3) is 0 Å². The van der Waals surface area contributed by atoms with Gasteiger partial charge in [0.15, 0.2) is 0 Å². The number of nitrogens with one attached hydrogen (secondary N) is 2. The van der Waals surface area contributed by atoms with Crippen molar-refractivity contribution in [2.24, 2.45) is 5.10 Å². The Labute approximate surface area is 159 Å². The number of hydrogen-bond donors (Lipinski definition) is 2. The number of nitrogens with zero attached hydrogens (tertiary/aromatic N) is 2. The van der Waals surface area contributed by atoms with Crippen LogP contribution in [0.2, 0.25) is 0 Å². The van der Waals surface area contributed by atoms with Crippen LogP contribution in [0.25, 0.3) is 5.69 Å². The summed E-state index contributed by atoms with van der Waals surface area (Å²) in [5, 5.41) is 6.75. The molecule has 2 N–H and O–H groups in total. The maximum Gasteiger partial charge on any atom is 0.329 e. The van der Waals surface area contributed by atoms with E-state index in [0.29, 0.717) is 0 Å². The van der Waals surface area contributed by atoms with Crippen LogP contribution >= 0.6 is 0 Å². The van der Waals surface area contributed by atoms with Gasteiger partial charge >= 0.3 is 11.8 Å². The van der Waals surface area contributed by atoms with Crippen LogP contribution in [0, 0.1) is 13.8 Å². The lowest BCUT2D eigenvalue weighted by Gasteiger charge is -2.22. The number of amides is 2. The average Bonchev–Trinajstić information content (AvgIpc) is 2.96. The van der Waals surface area contributed by atoms with E-state index in [1.807, 2.05) is 50.2 Å². The minimum Gasteiger partial charge on any atom is -0.345 e. The molecule has 27 heavy (non-hydrogen) atoms. The second kappa shape index (κ2) is 8.66. The van der Waals surface area contributed by atoms with Crippen LogP contribution in [0.15, 0.2) is 41.5 Å². The van der Waals surface area contributed by atoms with Gasteiger partial charge in [-0.2, -0.15) is 5.10 Å². The first kappa shape index (κ1) is 18.9. The molecule has 0 spiro atoms. The number of rotatable bonds is 4. The lowest BCUT2D eigenvalue weighted by molar-refractivity contribution is -0.139. The number of hydrazone groups is 1. The van der Waals surface area contributed by atoms with Gasteiger partial charge in [0.05, 0.1) is 6.21 Å². The van der Waals surface area contributed by atoms with Crippen LogP contribution in [0.1, 0.15) is 49.1 Å². The third-order valence-corrected chi connectivity index (χ3v) is 5.00. The summed E-state index contributed by atoms with van der Waals surface area (Å²) in [4.78, 5) is 23.9. The summed E-state index contributed by atoms with van der Waals surface area (Å²) in [6.45, 7) is 4.02. The van der Waals surface area contributed by atoms with Crippen molar-refractivity contribution in [3.05, 3.63) is 53.3 Å². The van der Waals surface area contributed by atoms with E-state index in [2.05, 4.69) is 20.4 Å². The Hall–Kier alpha value is -2.89. The fourth-order valence-electron chi connectivity index (χ4n) is 3.60. The van der Waals surface area contributed by atoms with E-state index in [0.717, 1.165) is 48.3 Å². The molecule has 142 valence electrons. The largest absolute Gasteiger partial charge is 0.345 e. The summed E-state index contributed by atoms with van der Waals surface area (Å²) in [6, 6.07) is 12.1. The maximum atomic E-state index is 12.0. The summed E-state index contributed by atoms with van der Waals surface area (Å²) in [5.74, 6) is -1.34. The molecule has 1 aromatic heterocycles. The normalized spacial score (nSPS) is 15.0. The zero-order chi connectivity index (χ0) is 19.2. The van der Waals surface area contributed by atoms with Crippen LogP contribution in [-0.4, -0.2) is 28.6 Å². The van der Waals surface area contributed by atoms with E-state index in [1.54, 1.807) is 6.21 Å². The van der Waals surface area contributed by atoms with Crippen LogP contribution in [-0.2, 0) is 9.59 Å². The van der Waals surface area contributed by atoms with Crippen molar-refractivity contribution >= 4 is 18.0 Å². The molecule has 1 aliphatic rings. The predicted molar refractivity (Wildman–Crippen MR) is 106 cm³/mol. The van der Waals surface area contributed by atoms with E-state index < -0.39 is 11.8 Å². The highest BCUT2D eigenvalue weighted by molar-refractivity contribution is 6.35. The highest BCUT2D eigenvalue weighted by atomic mass is 16.2. The van der Waals surface area contributed by atoms with E-state index in [4.69, 9.17) is 0 Å². The van der Waals surface area contributed by atoms with Crippen LogP contribution in [0.3, 0.4) is 0 Å². The number of carbonyl (C=O) groups is 2. The molecule has 1 fully saturated rings. The number of carbonyl (C=O) groups excluding carboxylic acids is 2. The van der Waals surface area contributed by atoms with Gasteiger partial charge in [-0.25, -0.2) is 5.43 Å². The summed E-state index contributed by atoms with van der Waals surface area (Å²) < 4.78 is 2.12. The van der Waals surface area contributed by atoms with Crippen LogP contribution < -0.4 is 10.7 Å². The molecule has 2 aromatic rings. The standard InChI is InChI=1S/C21H26N4O2/c1-15-13-17(16(2)25(15)19-11-7-4-8-12-19)14-22-24-21(27)20(26)23-18-9-5-3-6-10-18/h4,7-8,11-14,18H,3,5-6,9-10H2,1-2H3,(H,23,26)(H,24,27)/b22-14-. The fraction of sp³-hybridized carbons (Fsp3) is 0.381. The Morgan fingerprint density at radius 3 is 2.48 bits per heavy atom. The van der Waals surface area contributed by atoms with E-state index in [9.17, 15) is 9.59 Å². The molecule has 6 heteroatoms. The summed E-state index contributed by atoms with van der Waals surface area (Å²) in [6.07, 6.45) is 6.85. The van der Waals surface area contributed by atoms with Gasteiger partial charge in [-0.3, -0.25) is 9.59 Å². The molecular weight excluding hydrogens is 340 g/mol. The molecule has 0 radical (unpaired) electrons. The second-order valence-electron chi connectivity index (χ2n) is 7.00. The Kier molecular flexibility index (Phi) is 6.06. The third kappa shape index (κ3) is 4.64. The lowest BCUT2D eigenvalue weighted by atomic mass is 9.95. The van der Waals surface area contributed by atoms with Crippen LogP contribution in [0.4, 0.5) is 0 Å². The highest BCUT2D eigenvalue weighted by Crippen LogP contribution is 2.19. The van der Waals surface area contributed by atoms with Gasteiger partial charge in [-0.15, -0.1) is 0 Å². The highest BCUT2D eigenvalue weighted by Gasteiger charge is 2.20. The molecule has 1 aliphatic carbocycles. The molecular formula is C21H26N4O2.